The largest absolute Gasteiger partial charge is 0.310 e. The van der Waals surface area contributed by atoms with E-state index in [2.05, 4.69) is 216 Å². The van der Waals surface area contributed by atoms with Gasteiger partial charge < -0.3 is 9.47 Å². The molecular weight excluding hydrogens is 685 g/mol. The number of benzene rings is 9. The van der Waals surface area contributed by atoms with E-state index in [0.29, 0.717) is 0 Å². The second kappa shape index (κ2) is 12.9. The lowest BCUT2D eigenvalue weighted by atomic mass is 9.94. The second-order valence-electron chi connectivity index (χ2n) is 14.1. The van der Waals surface area contributed by atoms with E-state index in [1.54, 1.807) is 0 Å². The molecule has 2 heterocycles. The first-order chi connectivity index (χ1) is 27.3. The maximum absolute atomic E-state index is 2.43. The van der Waals surface area contributed by atoms with Crippen LogP contribution in [0.15, 0.2) is 206 Å². The van der Waals surface area contributed by atoms with Crippen LogP contribution in [0.4, 0.5) is 17.1 Å². The minimum atomic E-state index is 1.11. The Morgan fingerprint density at radius 3 is 1.71 bits per heavy atom. The predicted octanol–water partition coefficient (Wildman–Crippen LogP) is 15.1. The van der Waals surface area contributed by atoms with Gasteiger partial charge in [0.1, 0.15) is 0 Å². The molecule has 11 aromatic rings. The molecule has 0 saturated carbocycles. The van der Waals surface area contributed by atoms with E-state index in [1.807, 2.05) is 11.3 Å². The molecule has 0 atom stereocenters. The highest BCUT2D eigenvalue weighted by molar-refractivity contribution is 7.26. The van der Waals surface area contributed by atoms with Crippen molar-refractivity contribution in [1.29, 1.82) is 0 Å². The molecular formula is C52H34N2S. The van der Waals surface area contributed by atoms with Gasteiger partial charge in [0.05, 0.1) is 11.0 Å². The van der Waals surface area contributed by atoms with Crippen molar-refractivity contribution in [2.75, 3.05) is 4.90 Å². The van der Waals surface area contributed by atoms with E-state index in [-0.39, 0.29) is 0 Å². The third kappa shape index (κ3) is 5.24. The van der Waals surface area contributed by atoms with Gasteiger partial charge in [-0.1, -0.05) is 133 Å². The molecule has 0 radical (unpaired) electrons. The summed E-state index contributed by atoms with van der Waals surface area (Å²) >= 11 is 1.87. The third-order valence-electron chi connectivity index (χ3n) is 11.0. The lowest BCUT2D eigenvalue weighted by Gasteiger charge is -2.26. The van der Waals surface area contributed by atoms with Crippen LogP contribution in [-0.4, -0.2) is 4.57 Å². The number of aromatic nitrogens is 1. The number of hydrogen-bond acceptors (Lipinski definition) is 2. The van der Waals surface area contributed by atoms with E-state index in [0.717, 1.165) is 22.7 Å². The molecule has 2 nitrogen and oxygen atoms in total. The van der Waals surface area contributed by atoms with Crippen LogP contribution in [0.1, 0.15) is 0 Å². The molecule has 0 aliphatic carbocycles. The van der Waals surface area contributed by atoms with Gasteiger partial charge in [-0.15, -0.1) is 11.3 Å². The van der Waals surface area contributed by atoms with Gasteiger partial charge in [-0.25, -0.2) is 0 Å². The lowest BCUT2D eigenvalue weighted by molar-refractivity contribution is 1.18. The van der Waals surface area contributed by atoms with Gasteiger partial charge in [-0.3, -0.25) is 0 Å². The molecule has 0 unspecified atom stereocenters. The molecule has 9 aromatic carbocycles. The Kier molecular flexibility index (Phi) is 7.39. The number of thiophene rings is 1. The summed E-state index contributed by atoms with van der Waals surface area (Å²) in [4.78, 5) is 2.43. The topological polar surface area (TPSA) is 8.17 Å². The van der Waals surface area contributed by atoms with E-state index in [4.69, 9.17) is 0 Å². The highest BCUT2D eigenvalue weighted by Crippen LogP contribution is 2.45. The number of rotatable bonds is 6. The van der Waals surface area contributed by atoms with Crippen LogP contribution in [0, 0.1) is 0 Å². The zero-order chi connectivity index (χ0) is 36.3. The second-order valence-corrected chi connectivity index (χ2v) is 15.2. The number of fused-ring (bicyclic) bond motifs is 8. The Bertz CT molecular complexity index is 3190. The van der Waals surface area contributed by atoms with Gasteiger partial charge in [0, 0.05) is 53.7 Å². The minimum absolute atomic E-state index is 1.11. The van der Waals surface area contributed by atoms with Crippen LogP contribution in [-0.2, 0) is 0 Å². The van der Waals surface area contributed by atoms with E-state index in [9.17, 15) is 0 Å². The van der Waals surface area contributed by atoms with E-state index < -0.39 is 0 Å². The lowest BCUT2D eigenvalue weighted by Crippen LogP contribution is -2.10. The molecule has 3 heteroatoms. The summed E-state index contributed by atoms with van der Waals surface area (Å²) in [6.07, 6.45) is 0. The van der Waals surface area contributed by atoms with Gasteiger partial charge in [-0.2, -0.15) is 0 Å². The van der Waals surface area contributed by atoms with Crippen molar-refractivity contribution in [3.63, 3.8) is 0 Å². The van der Waals surface area contributed by atoms with Crippen LogP contribution in [0.5, 0.6) is 0 Å². The number of hydrogen-bond donors (Lipinski definition) is 0. The van der Waals surface area contributed by atoms with Gasteiger partial charge in [0.25, 0.3) is 0 Å². The number of para-hydroxylation sites is 2. The van der Waals surface area contributed by atoms with Gasteiger partial charge in [0.15, 0.2) is 0 Å². The zero-order valence-electron chi connectivity index (χ0n) is 29.9. The normalized spacial score (nSPS) is 11.6. The highest BCUT2D eigenvalue weighted by atomic mass is 32.1. The van der Waals surface area contributed by atoms with Crippen LogP contribution in [0.2, 0.25) is 0 Å². The van der Waals surface area contributed by atoms with Crippen LogP contribution < -0.4 is 4.90 Å². The fraction of sp³-hybridized carbons (Fsp3) is 0. The summed E-state index contributed by atoms with van der Waals surface area (Å²) in [7, 11) is 0. The maximum Gasteiger partial charge on any atom is 0.0542 e. The molecule has 0 saturated heterocycles. The fourth-order valence-electron chi connectivity index (χ4n) is 8.47. The fourth-order valence-corrected chi connectivity index (χ4v) is 9.57. The smallest absolute Gasteiger partial charge is 0.0542 e. The Morgan fingerprint density at radius 1 is 0.364 bits per heavy atom. The molecule has 258 valence electrons. The summed E-state index contributed by atoms with van der Waals surface area (Å²) in [5.41, 5.74) is 11.8. The molecule has 0 N–H and O–H groups in total. The summed E-state index contributed by atoms with van der Waals surface area (Å²) in [5, 5.41) is 7.64. The Balaban J connectivity index is 1.12. The number of nitrogens with zero attached hydrogens (tertiary/aromatic N) is 2. The molecule has 0 amide bonds. The first-order valence-electron chi connectivity index (χ1n) is 18.8. The first kappa shape index (κ1) is 31.6. The average Bonchev–Trinajstić information content (AvgIpc) is 3.80. The summed E-state index contributed by atoms with van der Waals surface area (Å²) in [5.74, 6) is 0. The highest BCUT2D eigenvalue weighted by Gasteiger charge is 2.19. The van der Waals surface area contributed by atoms with Crippen LogP contribution >= 0.6 is 11.3 Å². The molecule has 0 aliphatic heterocycles. The average molecular weight is 719 g/mol. The SMILES string of the molecule is c1ccc(-c2ccccc2-c2ccc(N(c3ccc4sc5ccc6ccccc6c5c4c3)c3ccc4c(c3)c3ccccc3n4-c3ccccc3)cc2)cc1. The Hall–Kier alpha value is -6.94. The van der Waals surface area contributed by atoms with Crippen LogP contribution in [0.3, 0.4) is 0 Å². The summed E-state index contributed by atoms with van der Waals surface area (Å²) in [6, 6.07) is 75.1. The van der Waals surface area contributed by atoms with Crippen molar-refractivity contribution in [3.05, 3.63) is 206 Å². The molecule has 55 heavy (non-hydrogen) atoms. The summed E-state index contributed by atoms with van der Waals surface area (Å²) in [6.45, 7) is 0. The molecule has 0 fully saturated rings. The molecule has 2 aromatic heterocycles. The van der Waals surface area contributed by atoms with E-state index in [1.165, 1.54) is 75.0 Å². The van der Waals surface area contributed by atoms with Gasteiger partial charge in [-0.05, 0) is 106 Å². The first-order valence-corrected chi connectivity index (χ1v) is 19.6. The molecule has 0 bridgehead atoms. The van der Waals surface area contributed by atoms with E-state index >= 15 is 0 Å². The maximum atomic E-state index is 2.43. The Morgan fingerprint density at radius 2 is 0.927 bits per heavy atom. The van der Waals surface area contributed by atoms with Crippen molar-refractivity contribution >= 4 is 81.1 Å². The zero-order valence-corrected chi connectivity index (χ0v) is 30.7. The van der Waals surface area contributed by atoms with Crippen molar-refractivity contribution in [2.45, 2.75) is 0 Å². The third-order valence-corrected chi connectivity index (χ3v) is 12.1. The number of anilines is 3. The van der Waals surface area contributed by atoms with Crippen LogP contribution in [0.25, 0.3) is 80.7 Å². The van der Waals surface area contributed by atoms with Gasteiger partial charge in [0.2, 0.25) is 0 Å². The molecule has 0 spiro atoms. The monoisotopic (exact) mass is 718 g/mol. The van der Waals surface area contributed by atoms with Crippen molar-refractivity contribution in [3.8, 4) is 27.9 Å². The minimum Gasteiger partial charge on any atom is -0.310 e. The standard InChI is InChI=1S/C52H34N2S/c1-3-13-35(14-4-1)42-18-9-10-19-43(42)37-23-26-39(27-24-37)53(41-29-32-50-47(34-41)52-44-20-8-7-15-36(44)25-31-51(52)55-50)40-28-30-49-46(33-40)45-21-11-12-22-48(45)54(49)38-16-5-2-6-17-38/h1-34H. The molecule has 11 rings (SSSR count). The van der Waals surface area contributed by atoms with Crippen molar-refractivity contribution < 1.29 is 0 Å². The summed E-state index contributed by atoms with van der Waals surface area (Å²) < 4.78 is 4.99. The van der Waals surface area contributed by atoms with Gasteiger partial charge >= 0.3 is 0 Å². The quantitative estimate of drug-likeness (QED) is 0.166. The predicted molar refractivity (Wildman–Crippen MR) is 237 cm³/mol. The Labute approximate surface area is 323 Å². The molecule has 0 aliphatic rings. The van der Waals surface area contributed by atoms with Crippen molar-refractivity contribution in [2.24, 2.45) is 0 Å². The van der Waals surface area contributed by atoms with Crippen molar-refractivity contribution in [1.82, 2.24) is 4.57 Å².